The predicted octanol–water partition coefficient (Wildman–Crippen LogP) is 2.08. The Morgan fingerprint density at radius 2 is 2.21 bits per heavy atom. The summed E-state index contributed by atoms with van der Waals surface area (Å²) in [4.78, 5) is 0. The molecule has 0 aromatic rings. The lowest BCUT2D eigenvalue weighted by Gasteiger charge is -2.22. The van der Waals surface area contributed by atoms with Crippen molar-refractivity contribution in [3.63, 3.8) is 0 Å². The van der Waals surface area contributed by atoms with Crippen LogP contribution >= 0.6 is 0 Å². The van der Waals surface area contributed by atoms with Gasteiger partial charge in [0.05, 0.1) is 12.7 Å². The number of unbranched alkanes of at least 4 members (excludes halogenated alkanes) is 1. The third kappa shape index (κ3) is 3.56. The van der Waals surface area contributed by atoms with Crippen LogP contribution in [0.15, 0.2) is 0 Å². The smallest absolute Gasteiger partial charge is 0.166 e. The standard InChI is InChI=1S/C11H22O3/c1-3-7-11(2)13-9-10(14-11)6-4-5-8-12/h10,12H,3-9H2,1-2H3/t10-,11+/m1/s1. The van der Waals surface area contributed by atoms with E-state index in [4.69, 9.17) is 14.6 Å². The van der Waals surface area contributed by atoms with Crippen LogP contribution in [0.2, 0.25) is 0 Å². The first-order valence-electron chi connectivity index (χ1n) is 5.63. The van der Waals surface area contributed by atoms with Crippen molar-refractivity contribution >= 4 is 0 Å². The molecule has 2 atom stereocenters. The maximum absolute atomic E-state index is 8.66. The lowest BCUT2D eigenvalue weighted by Crippen LogP contribution is -2.26. The van der Waals surface area contributed by atoms with Crippen molar-refractivity contribution in [1.29, 1.82) is 0 Å². The molecule has 0 aliphatic carbocycles. The molecular weight excluding hydrogens is 180 g/mol. The minimum Gasteiger partial charge on any atom is -0.396 e. The second-order valence-corrected chi connectivity index (χ2v) is 4.15. The van der Waals surface area contributed by atoms with Crippen molar-refractivity contribution in [3.05, 3.63) is 0 Å². The monoisotopic (exact) mass is 202 g/mol. The molecule has 0 spiro atoms. The Kier molecular flexibility index (Phi) is 4.85. The third-order valence-corrected chi connectivity index (χ3v) is 2.63. The molecule has 3 heteroatoms. The van der Waals surface area contributed by atoms with Crippen molar-refractivity contribution in [3.8, 4) is 0 Å². The highest BCUT2D eigenvalue weighted by atomic mass is 16.7. The van der Waals surface area contributed by atoms with Gasteiger partial charge in [-0.15, -0.1) is 0 Å². The third-order valence-electron chi connectivity index (χ3n) is 2.63. The summed E-state index contributed by atoms with van der Waals surface area (Å²) in [5.41, 5.74) is 0. The normalized spacial score (nSPS) is 32.4. The Labute approximate surface area is 86.4 Å². The zero-order valence-corrected chi connectivity index (χ0v) is 9.29. The fraction of sp³-hybridized carbons (Fsp3) is 1.00. The van der Waals surface area contributed by atoms with Gasteiger partial charge in [0.1, 0.15) is 0 Å². The van der Waals surface area contributed by atoms with Crippen molar-refractivity contribution < 1.29 is 14.6 Å². The van der Waals surface area contributed by atoms with E-state index in [0.29, 0.717) is 6.61 Å². The molecule has 0 unspecified atom stereocenters. The zero-order chi connectivity index (χ0) is 10.4. The minimum absolute atomic E-state index is 0.234. The molecule has 0 radical (unpaired) electrons. The average Bonchev–Trinajstić information content (AvgIpc) is 2.49. The molecule has 0 saturated carbocycles. The predicted molar refractivity (Wildman–Crippen MR) is 55.1 cm³/mol. The first-order valence-corrected chi connectivity index (χ1v) is 5.63. The van der Waals surface area contributed by atoms with Gasteiger partial charge in [-0.3, -0.25) is 0 Å². The van der Waals surface area contributed by atoms with Gasteiger partial charge in [0.25, 0.3) is 0 Å². The van der Waals surface area contributed by atoms with Crippen LogP contribution in [0.5, 0.6) is 0 Å². The molecule has 14 heavy (non-hydrogen) atoms. The first-order chi connectivity index (χ1) is 6.70. The van der Waals surface area contributed by atoms with Crippen LogP contribution < -0.4 is 0 Å². The van der Waals surface area contributed by atoms with E-state index < -0.39 is 0 Å². The van der Waals surface area contributed by atoms with Gasteiger partial charge >= 0.3 is 0 Å². The number of ether oxygens (including phenoxy) is 2. The van der Waals surface area contributed by atoms with E-state index in [1.807, 2.05) is 6.92 Å². The van der Waals surface area contributed by atoms with Crippen LogP contribution in [0.4, 0.5) is 0 Å². The van der Waals surface area contributed by atoms with Gasteiger partial charge in [-0.05, 0) is 26.2 Å². The second kappa shape index (κ2) is 5.69. The Morgan fingerprint density at radius 1 is 1.43 bits per heavy atom. The molecule has 1 rings (SSSR count). The molecule has 1 heterocycles. The van der Waals surface area contributed by atoms with Gasteiger partial charge in [0.2, 0.25) is 0 Å². The van der Waals surface area contributed by atoms with Crippen LogP contribution in [0, 0.1) is 0 Å². The van der Waals surface area contributed by atoms with Crippen molar-refractivity contribution in [2.24, 2.45) is 0 Å². The van der Waals surface area contributed by atoms with E-state index in [-0.39, 0.29) is 18.5 Å². The molecular formula is C11H22O3. The number of hydrogen-bond donors (Lipinski definition) is 1. The van der Waals surface area contributed by atoms with Gasteiger partial charge in [0, 0.05) is 13.0 Å². The Balaban J connectivity index is 2.19. The summed E-state index contributed by atoms with van der Waals surface area (Å²) < 4.78 is 11.5. The zero-order valence-electron chi connectivity index (χ0n) is 9.29. The Morgan fingerprint density at radius 3 is 2.86 bits per heavy atom. The number of rotatable bonds is 6. The second-order valence-electron chi connectivity index (χ2n) is 4.15. The maximum atomic E-state index is 8.66. The summed E-state index contributed by atoms with van der Waals surface area (Å²) in [6, 6.07) is 0. The number of aliphatic hydroxyl groups is 1. The molecule has 1 fully saturated rings. The van der Waals surface area contributed by atoms with Crippen molar-refractivity contribution in [2.75, 3.05) is 13.2 Å². The van der Waals surface area contributed by atoms with Gasteiger partial charge < -0.3 is 14.6 Å². The summed E-state index contributed by atoms with van der Waals surface area (Å²) in [5.74, 6) is -0.349. The molecule has 1 saturated heterocycles. The van der Waals surface area contributed by atoms with E-state index in [1.54, 1.807) is 0 Å². The fourth-order valence-corrected chi connectivity index (χ4v) is 1.90. The summed E-state index contributed by atoms with van der Waals surface area (Å²) >= 11 is 0. The van der Waals surface area contributed by atoms with Crippen LogP contribution in [0.25, 0.3) is 0 Å². The highest BCUT2D eigenvalue weighted by molar-refractivity contribution is 4.74. The molecule has 1 aliphatic rings. The SMILES string of the molecule is CCC[C@@]1(C)OC[C@@H](CCCCO)O1. The van der Waals surface area contributed by atoms with E-state index >= 15 is 0 Å². The highest BCUT2D eigenvalue weighted by Crippen LogP contribution is 2.29. The quantitative estimate of drug-likeness (QED) is 0.670. The summed E-state index contributed by atoms with van der Waals surface area (Å²) in [5, 5.41) is 8.66. The molecule has 1 aliphatic heterocycles. The molecule has 0 bridgehead atoms. The number of aliphatic hydroxyl groups excluding tert-OH is 1. The number of hydrogen-bond acceptors (Lipinski definition) is 3. The molecule has 0 aromatic heterocycles. The molecule has 0 aromatic carbocycles. The van der Waals surface area contributed by atoms with Crippen LogP contribution in [-0.4, -0.2) is 30.2 Å². The van der Waals surface area contributed by atoms with Crippen LogP contribution in [0.3, 0.4) is 0 Å². The van der Waals surface area contributed by atoms with Crippen molar-refractivity contribution in [1.82, 2.24) is 0 Å². The van der Waals surface area contributed by atoms with Crippen LogP contribution in [0.1, 0.15) is 46.0 Å². The van der Waals surface area contributed by atoms with E-state index in [9.17, 15) is 0 Å². The highest BCUT2D eigenvalue weighted by Gasteiger charge is 2.35. The lowest BCUT2D eigenvalue weighted by molar-refractivity contribution is -0.159. The molecule has 84 valence electrons. The van der Waals surface area contributed by atoms with Gasteiger partial charge in [0.15, 0.2) is 5.79 Å². The lowest BCUT2D eigenvalue weighted by atomic mass is 10.1. The van der Waals surface area contributed by atoms with Crippen molar-refractivity contribution in [2.45, 2.75) is 57.8 Å². The van der Waals surface area contributed by atoms with Gasteiger partial charge in [-0.1, -0.05) is 13.3 Å². The summed E-state index contributed by atoms with van der Waals surface area (Å²) in [7, 11) is 0. The van der Waals surface area contributed by atoms with E-state index in [2.05, 4.69) is 6.92 Å². The van der Waals surface area contributed by atoms with Gasteiger partial charge in [-0.25, -0.2) is 0 Å². The fourth-order valence-electron chi connectivity index (χ4n) is 1.90. The average molecular weight is 202 g/mol. The Hall–Kier alpha value is -0.120. The molecule has 3 nitrogen and oxygen atoms in total. The largest absolute Gasteiger partial charge is 0.396 e. The van der Waals surface area contributed by atoms with E-state index in [1.165, 1.54) is 0 Å². The first kappa shape index (κ1) is 12.0. The van der Waals surface area contributed by atoms with Crippen LogP contribution in [-0.2, 0) is 9.47 Å². The summed E-state index contributed by atoms with van der Waals surface area (Å²) in [6.07, 6.45) is 5.17. The maximum Gasteiger partial charge on any atom is 0.166 e. The minimum atomic E-state index is -0.349. The Bertz CT molecular complexity index is 161. The summed E-state index contributed by atoms with van der Waals surface area (Å²) in [6.45, 7) is 5.14. The topological polar surface area (TPSA) is 38.7 Å². The molecule has 1 N–H and O–H groups in total. The van der Waals surface area contributed by atoms with Gasteiger partial charge in [-0.2, -0.15) is 0 Å². The van der Waals surface area contributed by atoms with E-state index in [0.717, 1.165) is 32.1 Å². The molecule has 0 amide bonds.